The summed E-state index contributed by atoms with van der Waals surface area (Å²) in [6.45, 7) is 0. The number of nitrogens with one attached hydrogen (secondary N) is 1. The van der Waals surface area contributed by atoms with Crippen LogP contribution in [0.2, 0.25) is 0 Å². The molecular weight excluding hydrogens is 278 g/mol. The van der Waals surface area contributed by atoms with Crippen molar-refractivity contribution in [2.24, 2.45) is 0 Å². The van der Waals surface area contributed by atoms with E-state index in [0.717, 1.165) is 5.56 Å². The highest BCUT2D eigenvalue weighted by molar-refractivity contribution is 6.05. The van der Waals surface area contributed by atoms with Crippen LogP contribution in [0.4, 0.5) is 0 Å². The Kier molecular flexibility index (Phi) is 5.03. The summed E-state index contributed by atoms with van der Waals surface area (Å²) in [4.78, 5) is 29.8. The Morgan fingerprint density at radius 2 is 1.68 bits per heavy atom. The third-order valence-electron chi connectivity index (χ3n) is 2.94. The van der Waals surface area contributed by atoms with Gasteiger partial charge >= 0.3 is 0 Å². The van der Waals surface area contributed by atoms with Gasteiger partial charge in [0.2, 0.25) is 0 Å². The number of hydrogen-bond donors (Lipinski definition) is 1. The summed E-state index contributed by atoms with van der Waals surface area (Å²) in [5, 5.41) is 2.67. The average molecular weight is 295 g/mol. The van der Waals surface area contributed by atoms with Gasteiger partial charge in [-0.3, -0.25) is 14.6 Å². The maximum atomic E-state index is 12.2. The molecule has 22 heavy (non-hydrogen) atoms. The summed E-state index contributed by atoms with van der Waals surface area (Å²) in [6, 6.07) is 12.3. The van der Waals surface area contributed by atoms with E-state index in [9.17, 15) is 9.59 Å². The fourth-order valence-corrected chi connectivity index (χ4v) is 1.80. The summed E-state index contributed by atoms with van der Waals surface area (Å²) >= 11 is 0. The molecule has 0 saturated heterocycles. The predicted molar refractivity (Wildman–Crippen MR) is 84.8 cm³/mol. The van der Waals surface area contributed by atoms with E-state index in [1.165, 1.54) is 4.90 Å². The summed E-state index contributed by atoms with van der Waals surface area (Å²) < 4.78 is 0. The van der Waals surface area contributed by atoms with Gasteiger partial charge in [0.15, 0.2) is 0 Å². The molecule has 0 aliphatic rings. The normalized spacial score (nSPS) is 10.9. The molecule has 0 spiro atoms. The molecule has 1 N–H and O–H groups in total. The van der Waals surface area contributed by atoms with Crippen molar-refractivity contribution < 1.29 is 9.59 Å². The van der Waals surface area contributed by atoms with Crippen LogP contribution in [-0.2, 0) is 4.79 Å². The van der Waals surface area contributed by atoms with E-state index in [1.54, 1.807) is 69.0 Å². The van der Waals surface area contributed by atoms with Gasteiger partial charge in [0.05, 0.1) is 0 Å². The number of likely N-dealkylation sites (N-methyl/N-ethyl adjacent to an activating group) is 1. The van der Waals surface area contributed by atoms with Crippen LogP contribution in [-0.4, -0.2) is 35.8 Å². The van der Waals surface area contributed by atoms with E-state index < -0.39 is 0 Å². The van der Waals surface area contributed by atoms with Crippen molar-refractivity contribution in [2.45, 2.75) is 0 Å². The van der Waals surface area contributed by atoms with Crippen LogP contribution in [0.15, 0.2) is 60.6 Å². The number of carbonyl (C=O) groups excluding carboxylic acids is 2. The second-order valence-electron chi connectivity index (χ2n) is 4.86. The van der Waals surface area contributed by atoms with Crippen molar-refractivity contribution in [3.8, 4) is 0 Å². The molecule has 0 aliphatic carbocycles. The van der Waals surface area contributed by atoms with Gasteiger partial charge in [0.25, 0.3) is 11.8 Å². The maximum Gasteiger partial charge on any atom is 0.269 e. The summed E-state index contributed by atoms with van der Waals surface area (Å²) in [5.74, 6) is -0.600. The molecule has 112 valence electrons. The molecule has 1 aromatic carbocycles. The molecule has 0 radical (unpaired) electrons. The lowest BCUT2D eigenvalue weighted by Gasteiger charge is -2.15. The molecule has 0 unspecified atom stereocenters. The van der Waals surface area contributed by atoms with Gasteiger partial charge in [0.1, 0.15) is 5.70 Å². The second-order valence-corrected chi connectivity index (χ2v) is 4.86. The number of carbonyl (C=O) groups is 2. The summed E-state index contributed by atoms with van der Waals surface area (Å²) in [5.41, 5.74) is 1.49. The summed E-state index contributed by atoms with van der Waals surface area (Å²) in [7, 11) is 3.27. The molecule has 0 saturated carbocycles. The molecule has 0 fully saturated rings. The molecular formula is C17H17N3O2. The maximum absolute atomic E-state index is 12.2. The smallest absolute Gasteiger partial charge is 0.269 e. The fraction of sp³-hybridized carbons (Fsp3) is 0.118. The highest BCUT2D eigenvalue weighted by Crippen LogP contribution is 2.07. The Hall–Kier alpha value is -2.95. The van der Waals surface area contributed by atoms with Crippen LogP contribution in [0.25, 0.3) is 6.08 Å². The van der Waals surface area contributed by atoms with E-state index in [-0.39, 0.29) is 17.5 Å². The Morgan fingerprint density at radius 3 is 2.27 bits per heavy atom. The summed E-state index contributed by atoms with van der Waals surface area (Å²) in [6.07, 6.45) is 4.88. The van der Waals surface area contributed by atoms with Gasteiger partial charge in [0, 0.05) is 32.1 Å². The van der Waals surface area contributed by atoms with Crippen LogP contribution < -0.4 is 5.32 Å². The molecule has 1 aromatic heterocycles. The SMILES string of the molecule is CN(C)C(=O)/C(=C/c1ccncc1)NC(=O)c1ccccc1. The number of nitrogens with zero attached hydrogens (tertiary/aromatic N) is 2. The Balaban J connectivity index is 2.28. The highest BCUT2D eigenvalue weighted by atomic mass is 16.2. The molecule has 0 bridgehead atoms. The van der Waals surface area contributed by atoms with Crippen molar-refractivity contribution in [2.75, 3.05) is 14.1 Å². The number of pyridine rings is 1. The average Bonchev–Trinajstić information content (AvgIpc) is 2.55. The van der Waals surface area contributed by atoms with Crippen molar-refractivity contribution in [1.29, 1.82) is 0 Å². The lowest BCUT2D eigenvalue weighted by molar-refractivity contribution is -0.124. The number of hydrogen-bond acceptors (Lipinski definition) is 3. The first-order chi connectivity index (χ1) is 10.6. The standard InChI is InChI=1S/C17H17N3O2/c1-20(2)17(22)15(12-13-8-10-18-11-9-13)19-16(21)14-6-4-3-5-7-14/h3-12H,1-2H3,(H,19,21)/b15-12-. The largest absolute Gasteiger partial charge is 0.344 e. The number of rotatable bonds is 4. The zero-order chi connectivity index (χ0) is 15.9. The van der Waals surface area contributed by atoms with Crippen molar-refractivity contribution >= 4 is 17.9 Å². The second kappa shape index (κ2) is 7.17. The van der Waals surface area contributed by atoms with E-state index in [4.69, 9.17) is 0 Å². The van der Waals surface area contributed by atoms with E-state index in [2.05, 4.69) is 10.3 Å². The van der Waals surface area contributed by atoms with Crippen LogP contribution in [0.5, 0.6) is 0 Å². The monoisotopic (exact) mass is 295 g/mol. The molecule has 0 atom stereocenters. The van der Waals surface area contributed by atoms with Crippen molar-refractivity contribution in [3.63, 3.8) is 0 Å². The van der Waals surface area contributed by atoms with Crippen molar-refractivity contribution in [1.82, 2.24) is 15.2 Å². The van der Waals surface area contributed by atoms with Crippen LogP contribution in [0, 0.1) is 0 Å². The fourth-order valence-electron chi connectivity index (χ4n) is 1.80. The minimum Gasteiger partial charge on any atom is -0.344 e. The first-order valence-electron chi connectivity index (χ1n) is 6.77. The molecule has 5 nitrogen and oxygen atoms in total. The molecule has 1 heterocycles. The molecule has 2 rings (SSSR count). The van der Waals surface area contributed by atoms with Crippen molar-refractivity contribution in [3.05, 3.63) is 71.7 Å². The van der Waals surface area contributed by atoms with Gasteiger partial charge < -0.3 is 10.2 Å². The predicted octanol–water partition coefficient (Wildman–Crippen LogP) is 1.94. The zero-order valence-electron chi connectivity index (χ0n) is 12.5. The first kappa shape index (κ1) is 15.4. The molecule has 0 aliphatic heterocycles. The Labute approximate surface area is 129 Å². The number of aromatic nitrogens is 1. The Morgan fingerprint density at radius 1 is 1.05 bits per heavy atom. The van der Waals surface area contributed by atoms with Gasteiger partial charge in [-0.05, 0) is 35.9 Å². The van der Waals surface area contributed by atoms with E-state index >= 15 is 0 Å². The third-order valence-corrected chi connectivity index (χ3v) is 2.94. The highest BCUT2D eigenvalue weighted by Gasteiger charge is 2.15. The van der Waals surface area contributed by atoms with E-state index in [1.807, 2.05) is 6.07 Å². The number of benzene rings is 1. The van der Waals surface area contributed by atoms with Crippen LogP contribution >= 0.6 is 0 Å². The Bertz CT molecular complexity index is 680. The topological polar surface area (TPSA) is 62.3 Å². The molecule has 2 amide bonds. The van der Waals surface area contributed by atoms with Crippen LogP contribution in [0.1, 0.15) is 15.9 Å². The lowest BCUT2D eigenvalue weighted by atomic mass is 10.2. The minimum atomic E-state index is -0.323. The minimum absolute atomic E-state index is 0.213. The zero-order valence-corrected chi connectivity index (χ0v) is 12.5. The first-order valence-corrected chi connectivity index (χ1v) is 6.77. The van der Waals surface area contributed by atoms with E-state index in [0.29, 0.717) is 5.56 Å². The van der Waals surface area contributed by atoms with Crippen LogP contribution in [0.3, 0.4) is 0 Å². The van der Waals surface area contributed by atoms with Gasteiger partial charge in [-0.2, -0.15) is 0 Å². The molecule has 2 aromatic rings. The number of amides is 2. The quantitative estimate of drug-likeness (QED) is 0.877. The van der Waals surface area contributed by atoms with Gasteiger partial charge in [-0.15, -0.1) is 0 Å². The van der Waals surface area contributed by atoms with Gasteiger partial charge in [-0.1, -0.05) is 18.2 Å². The lowest BCUT2D eigenvalue weighted by Crippen LogP contribution is -2.34. The molecule has 5 heteroatoms. The van der Waals surface area contributed by atoms with Gasteiger partial charge in [-0.25, -0.2) is 0 Å². The third kappa shape index (κ3) is 4.02.